The maximum Gasteiger partial charge on any atom is 0.128 e. The topological polar surface area (TPSA) is 29.9 Å². The van der Waals surface area contributed by atoms with Crippen molar-refractivity contribution in [2.75, 3.05) is 6.54 Å². The summed E-state index contributed by atoms with van der Waals surface area (Å²) < 4.78 is 15.6. The predicted octanol–water partition coefficient (Wildman–Crippen LogP) is 2.57. The van der Waals surface area contributed by atoms with Gasteiger partial charge in [0.1, 0.15) is 11.6 Å². The Morgan fingerprint density at radius 1 is 1.32 bits per heavy atom. The van der Waals surface area contributed by atoms with Gasteiger partial charge in [0.2, 0.25) is 0 Å². The molecular weight excluding hydrogens is 241 g/mol. The van der Waals surface area contributed by atoms with Gasteiger partial charge in [0, 0.05) is 18.0 Å². The number of hydrogen-bond donors (Lipinski definition) is 1. The summed E-state index contributed by atoms with van der Waals surface area (Å²) in [6.07, 6.45) is 6.36. The van der Waals surface area contributed by atoms with Crippen LogP contribution in [0.1, 0.15) is 24.2 Å². The van der Waals surface area contributed by atoms with E-state index in [-0.39, 0.29) is 5.82 Å². The van der Waals surface area contributed by atoms with Crippen molar-refractivity contribution in [3.63, 3.8) is 0 Å². The van der Waals surface area contributed by atoms with Crippen molar-refractivity contribution < 1.29 is 4.39 Å². The molecule has 0 spiro atoms. The average Bonchev–Trinajstić information content (AvgIpc) is 3.13. The number of nitrogens with one attached hydrogen (secondary N) is 1. The molecule has 1 N–H and O–H groups in total. The van der Waals surface area contributed by atoms with Crippen LogP contribution in [0.2, 0.25) is 0 Å². The van der Waals surface area contributed by atoms with Gasteiger partial charge in [0.15, 0.2) is 0 Å². The van der Waals surface area contributed by atoms with Crippen LogP contribution in [0.15, 0.2) is 36.7 Å². The van der Waals surface area contributed by atoms with Crippen LogP contribution < -0.4 is 5.32 Å². The highest BCUT2D eigenvalue weighted by molar-refractivity contribution is 5.18. The number of aromatic nitrogens is 2. The van der Waals surface area contributed by atoms with Crippen molar-refractivity contribution in [2.24, 2.45) is 5.92 Å². The van der Waals surface area contributed by atoms with Crippen LogP contribution in [0.4, 0.5) is 4.39 Å². The Balaban J connectivity index is 1.64. The summed E-state index contributed by atoms with van der Waals surface area (Å²) in [4.78, 5) is 4.34. The molecule has 1 aromatic carbocycles. The molecule has 0 bridgehead atoms. The van der Waals surface area contributed by atoms with Gasteiger partial charge in [-0.3, -0.25) is 0 Å². The molecule has 0 atom stereocenters. The largest absolute Gasteiger partial charge is 0.329 e. The lowest BCUT2D eigenvalue weighted by Crippen LogP contribution is -2.19. The zero-order valence-electron chi connectivity index (χ0n) is 10.8. The van der Waals surface area contributed by atoms with E-state index in [1.165, 1.54) is 18.9 Å². The Kier molecular flexibility index (Phi) is 3.60. The van der Waals surface area contributed by atoms with Gasteiger partial charge in [-0.25, -0.2) is 9.37 Å². The SMILES string of the molecule is Fc1ccccc1Cn1ccnc1CNCC1CC1. The Labute approximate surface area is 112 Å². The second-order valence-corrected chi connectivity index (χ2v) is 5.14. The van der Waals surface area contributed by atoms with Crippen molar-refractivity contribution in [1.29, 1.82) is 0 Å². The highest BCUT2D eigenvalue weighted by atomic mass is 19.1. The minimum Gasteiger partial charge on any atom is -0.329 e. The third-order valence-electron chi connectivity index (χ3n) is 3.51. The van der Waals surface area contributed by atoms with Gasteiger partial charge >= 0.3 is 0 Å². The van der Waals surface area contributed by atoms with Gasteiger partial charge in [0.05, 0.1) is 13.1 Å². The van der Waals surface area contributed by atoms with E-state index in [2.05, 4.69) is 10.3 Å². The zero-order valence-corrected chi connectivity index (χ0v) is 10.8. The molecule has 3 rings (SSSR count). The standard InChI is InChI=1S/C15H18FN3/c16-14-4-2-1-3-13(14)11-19-8-7-18-15(19)10-17-9-12-5-6-12/h1-4,7-8,12,17H,5-6,9-11H2. The van der Waals surface area contributed by atoms with E-state index in [0.717, 1.165) is 24.8 Å². The summed E-state index contributed by atoms with van der Waals surface area (Å²) in [7, 11) is 0. The summed E-state index contributed by atoms with van der Waals surface area (Å²) in [6.45, 7) is 2.34. The minimum absolute atomic E-state index is 0.159. The molecule has 1 fully saturated rings. The van der Waals surface area contributed by atoms with Crippen molar-refractivity contribution in [2.45, 2.75) is 25.9 Å². The fraction of sp³-hybridized carbons (Fsp3) is 0.400. The van der Waals surface area contributed by atoms with Gasteiger partial charge in [0.25, 0.3) is 0 Å². The van der Waals surface area contributed by atoms with Gasteiger partial charge in [-0.05, 0) is 31.4 Å². The lowest BCUT2D eigenvalue weighted by molar-refractivity contribution is 0.574. The Bertz CT molecular complexity index is 546. The normalized spacial score (nSPS) is 14.8. The number of rotatable bonds is 6. The van der Waals surface area contributed by atoms with E-state index in [9.17, 15) is 4.39 Å². The maximum absolute atomic E-state index is 13.6. The first kappa shape index (κ1) is 12.4. The predicted molar refractivity (Wildman–Crippen MR) is 72.2 cm³/mol. The lowest BCUT2D eigenvalue weighted by atomic mass is 10.2. The molecule has 1 saturated carbocycles. The van der Waals surface area contributed by atoms with Crippen molar-refractivity contribution >= 4 is 0 Å². The van der Waals surface area contributed by atoms with Crippen molar-refractivity contribution in [3.05, 3.63) is 53.9 Å². The Morgan fingerprint density at radius 2 is 2.16 bits per heavy atom. The summed E-state index contributed by atoms with van der Waals surface area (Å²) in [5.41, 5.74) is 0.698. The summed E-state index contributed by atoms with van der Waals surface area (Å²) in [6, 6.07) is 6.89. The summed E-state index contributed by atoms with van der Waals surface area (Å²) >= 11 is 0. The second-order valence-electron chi connectivity index (χ2n) is 5.14. The van der Waals surface area contributed by atoms with Gasteiger partial charge in [-0.15, -0.1) is 0 Å². The highest BCUT2D eigenvalue weighted by Crippen LogP contribution is 2.27. The number of nitrogens with zero attached hydrogens (tertiary/aromatic N) is 2. The summed E-state index contributed by atoms with van der Waals surface area (Å²) in [5, 5.41) is 3.41. The molecule has 19 heavy (non-hydrogen) atoms. The molecule has 0 unspecified atom stereocenters. The van der Waals surface area contributed by atoms with Crippen LogP contribution in [0.3, 0.4) is 0 Å². The first-order chi connectivity index (χ1) is 9.33. The van der Waals surface area contributed by atoms with E-state index in [0.29, 0.717) is 12.1 Å². The van der Waals surface area contributed by atoms with Gasteiger partial charge in [-0.1, -0.05) is 18.2 Å². The fourth-order valence-electron chi connectivity index (χ4n) is 2.17. The van der Waals surface area contributed by atoms with E-state index >= 15 is 0 Å². The van der Waals surface area contributed by atoms with Crippen LogP contribution in [0.25, 0.3) is 0 Å². The zero-order chi connectivity index (χ0) is 13.1. The lowest BCUT2D eigenvalue weighted by Gasteiger charge is -2.09. The van der Waals surface area contributed by atoms with Crippen LogP contribution >= 0.6 is 0 Å². The number of halogens is 1. The van der Waals surface area contributed by atoms with Crippen molar-refractivity contribution in [3.8, 4) is 0 Å². The Hall–Kier alpha value is -1.68. The van der Waals surface area contributed by atoms with Gasteiger partial charge < -0.3 is 9.88 Å². The monoisotopic (exact) mass is 259 g/mol. The number of benzene rings is 1. The molecule has 100 valence electrons. The van der Waals surface area contributed by atoms with E-state index < -0.39 is 0 Å². The van der Waals surface area contributed by atoms with Gasteiger partial charge in [-0.2, -0.15) is 0 Å². The molecule has 4 heteroatoms. The van der Waals surface area contributed by atoms with Crippen LogP contribution in [-0.4, -0.2) is 16.1 Å². The van der Waals surface area contributed by atoms with E-state index in [4.69, 9.17) is 0 Å². The highest BCUT2D eigenvalue weighted by Gasteiger charge is 2.20. The third-order valence-corrected chi connectivity index (χ3v) is 3.51. The van der Waals surface area contributed by atoms with Crippen LogP contribution in [0, 0.1) is 11.7 Å². The smallest absolute Gasteiger partial charge is 0.128 e. The quantitative estimate of drug-likeness (QED) is 0.864. The molecule has 1 heterocycles. The third kappa shape index (κ3) is 3.20. The molecule has 3 nitrogen and oxygen atoms in total. The fourth-order valence-corrected chi connectivity index (χ4v) is 2.17. The Morgan fingerprint density at radius 3 is 2.95 bits per heavy atom. The maximum atomic E-state index is 13.6. The molecule has 1 aliphatic carbocycles. The second kappa shape index (κ2) is 5.53. The number of hydrogen-bond acceptors (Lipinski definition) is 2. The van der Waals surface area contributed by atoms with E-state index in [1.807, 2.05) is 22.9 Å². The van der Waals surface area contributed by atoms with E-state index in [1.54, 1.807) is 12.3 Å². The summed E-state index contributed by atoms with van der Waals surface area (Å²) in [5.74, 6) is 1.66. The van der Waals surface area contributed by atoms with Crippen LogP contribution in [-0.2, 0) is 13.1 Å². The number of imidazole rings is 1. The molecule has 2 aromatic rings. The average molecular weight is 259 g/mol. The molecule has 1 aliphatic rings. The molecular formula is C15H18FN3. The van der Waals surface area contributed by atoms with Crippen LogP contribution in [0.5, 0.6) is 0 Å². The van der Waals surface area contributed by atoms with Crippen molar-refractivity contribution in [1.82, 2.24) is 14.9 Å². The first-order valence-corrected chi connectivity index (χ1v) is 6.77. The molecule has 1 aromatic heterocycles. The molecule has 0 aliphatic heterocycles. The molecule has 0 saturated heterocycles. The first-order valence-electron chi connectivity index (χ1n) is 6.77. The molecule has 0 radical (unpaired) electrons. The minimum atomic E-state index is -0.159. The molecule has 0 amide bonds.